The Morgan fingerprint density at radius 3 is 1.91 bits per heavy atom. The molecule has 0 aliphatic carbocycles. The third kappa shape index (κ3) is 8.98. The number of nitrogens with zero attached hydrogens (tertiary/aromatic N) is 3. The Morgan fingerprint density at radius 1 is 0.582 bits per heavy atom. The lowest BCUT2D eigenvalue weighted by molar-refractivity contribution is 0.470. The van der Waals surface area contributed by atoms with Gasteiger partial charge in [-0.2, -0.15) is 0 Å². The van der Waals surface area contributed by atoms with Crippen LogP contribution >= 0.6 is 0 Å². The van der Waals surface area contributed by atoms with Crippen LogP contribution in [0.2, 0.25) is 0 Å². The van der Waals surface area contributed by atoms with E-state index < -0.39 is 13.7 Å². The summed E-state index contributed by atoms with van der Waals surface area (Å²) in [6.07, 6.45) is 2.36. The lowest BCUT2D eigenvalue weighted by Gasteiger charge is -2.26. The van der Waals surface area contributed by atoms with Crippen LogP contribution in [0.5, 0.6) is 5.75 Å². The highest BCUT2D eigenvalue weighted by Crippen LogP contribution is 2.43. The molecule has 4 nitrogen and oxygen atoms in total. The minimum Gasteiger partial charge on any atom is -0.507 e. The lowest BCUT2D eigenvalue weighted by atomic mass is 9.79. The van der Waals surface area contributed by atoms with E-state index in [1.54, 1.807) is 18.3 Å². The molecule has 0 saturated heterocycles. The zero-order valence-electron chi connectivity index (χ0n) is 46.1. The fourth-order valence-corrected chi connectivity index (χ4v) is 8.98. The van der Waals surface area contributed by atoms with Crippen molar-refractivity contribution in [2.75, 3.05) is 0 Å². The molecule has 7 aromatic carbocycles. The van der Waals surface area contributed by atoms with Crippen LogP contribution in [0.25, 0.3) is 83.9 Å². The van der Waals surface area contributed by atoms with E-state index in [9.17, 15) is 5.11 Å². The largest absolute Gasteiger partial charge is 0.507 e. The number of hydrogen-bond donors (Lipinski definition) is 1. The first-order chi connectivity index (χ1) is 34.4. The number of rotatable bonds is 9. The molecule has 2 heterocycles. The maximum atomic E-state index is 12.2. The summed E-state index contributed by atoms with van der Waals surface area (Å²) in [7, 11) is 0. The average Bonchev–Trinajstić information content (AvgIpc) is 3.74. The number of phenolic OH excluding ortho intramolecular Hbond substituents is 1. The van der Waals surface area contributed by atoms with Gasteiger partial charge in [0.2, 0.25) is 0 Å². The van der Waals surface area contributed by atoms with Crippen LogP contribution in [0.4, 0.5) is 0 Å². The van der Waals surface area contributed by atoms with Crippen molar-refractivity contribution in [1.82, 2.24) is 14.5 Å². The number of hydrogen-bond acceptors (Lipinski definition) is 3. The zero-order chi connectivity index (χ0) is 52.4. The molecular formula is C63H63N3O. The summed E-state index contributed by atoms with van der Waals surface area (Å²) in [4.78, 5) is 10.4. The fraction of sp³-hybridized carbons (Fsp3) is 0.238. The molecule has 0 spiro atoms. The number of benzene rings is 7. The summed E-state index contributed by atoms with van der Waals surface area (Å²) < 4.78 is 53.0. The van der Waals surface area contributed by atoms with Gasteiger partial charge in [-0.15, -0.1) is 0 Å². The highest BCUT2D eigenvalue weighted by Gasteiger charge is 2.25. The topological polar surface area (TPSA) is 50.9 Å². The first kappa shape index (κ1) is 38.1. The van der Waals surface area contributed by atoms with Crippen molar-refractivity contribution in [2.45, 2.75) is 99.2 Å². The Hall–Kier alpha value is -7.04. The Bertz CT molecular complexity index is 3490. The second-order valence-electron chi connectivity index (χ2n) is 20.2. The number of aromatic hydroxyl groups is 1. The van der Waals surface area contributed by atoms with Gasteiger partial charge in [-0.05, 0) is 158 Å². The predicted octanol–water partition coefficient (Wildman–Crippen LogP) is 17.0. The molecule has 2 aromatic heterocycles. The molecule has 0 aliphatic heterocycles. The van der Waals surface area contributed by atoms with Gasteiger partial charge >= 0.3 is 0 Å². The Labute approximate surface area is 406 Å². The molecule has 0 bridgehead atoms. The maximum absolute atomic E-state index is 12.2. The summed E-state index contributed by atoms with van der Waals surface area (Å²) in [6, 6.07) is 49.9. The van der Waals surface area contributed by atoms with E-state index in [2.05, 4.69) is 104 Å². The van der Waals surface area contributed by atoms with E-state index in [-0.39, 0.29) is 33.6 Å². The quantitative estimate of drug-likeness (QED) is 0.157. The van der Waals surface area contributed by atoms with Gasteiger partial charge < -0.3 is 5.11 Å². The molecule has 1 N–H and O–H groups in total. The van der Waals surface area contributed by atoms with Crippen LogP contribution in [0.15, 0.2) is 158 Å². The lowest BCUT2D eigenvalue weighted by Crippen LogP contribution is -2.16. The second-order valence-corrected chi connectivity index (χ2v) is 20.2. The van der Waals surface area contributed by atoms with E-state index in [0.717, 1.165) is 66.9 Å². The summed E-state index contributed by atoms with van der Waals surface area (Å²) in [5, 5.41) is 12.2. The molecule has 9 aromatic rings. The Morgan fingerprint density at radius 2 is 1.24 bits per heavy atom. The molecule has 0 atom stereocenters. The summed E-state index contributed by atoms with van der Waals surface area (Å²) in [6.45, 7) is 14.7. The summed E-state index contributed by atoms with van der Waals surface area (Å²) >= 11 is 0. The number of phenols is 1. The molecule has 0 saturated carbocycles. The fourth-order valence-electron chi connectivity index (χ4n) is 8.98. The maximum Gasteiger partial charge on any atom is 0.149 e. The van der Waals surface area contributed by atoms with Crippen LogP contribution in [0.3, 0.4) is 0 Å². The molecule has 9 rings (SSSR count). The van der Waals surface area contributed by atoms with Crippen molar-refractivity contribution in [3.63, 3.8) is 0 Å². The van der Waals surface area contributed by atoms with Gasteiger partial charge in [0, 0.05) is 25.5 Å². The standard InChI is InChI=1S/C63H63N3O/c1-12-42-30-47(39(2)3)36-55(60(42)67)61-65-59-54(50-31-48(43-17-14-13-15-18-43)32-51(33-50)56-37-46(27-28-64-56)44-23-21-40(4)22-24-44)19-16-20-58(59)66(61)57-26-25-45(29-41(57)5)49-34-52(62(6,7)8)38-53(35-49)63(9,10)11/h13-39,67H,12H2,1-11H3/i4D3,5D3. The minimum atomic E-state index is -2.54. The van der Waals surface area contributed by atoms with Crippen LogP contribution < -0.4 is 0 Å². The third-order valence-corrected chi connectivity index (χ3v) is 13.0. The first-order valence-corrected chi connectivity index (χ1v) is 23.4. The van der Waals surface area contributed by atoms with Crippen LogP contribution in [-0.2, 0) is 17.3 Å². The number of pyridine rings is 1. The van der Waals surface area contributed by atoms with Gasteiger partial charge in [0.1, 0.15) is 11.6 Å². The molecule has 0 aliphatic rings. The molecule has 0 amide bonds. The van der Waals surface area contributed by atoms with Gasteiger partial charge in [0.05, 0.1) is 28.0 Å². The number of fused-ring (bicyclic) bond motifs is 1. The van der Waals surface area contributed by atoms with Crippen molar-refractivity contribution in [3.05, 3.63) is 191 Å². The number of aromatic nitrogens is 3. The average molecular weight is 884 g/mol. The molecule has 0 unspecified atom stereocenters. The molecule has 67 heavy (non-hydrogen) atoms. The molecule has 336 valence electrons. The van der Waals surface area contributed by atoms with Gasteiger partial charge in [0.15, 0.2) is 0 Å². The van der Waals surface area contributed by atoms with E-state index in [1.807, 2.05) is 102 Å². The SMILES string of the molecule is [2H]C([2H])([2H])c1ccc(-c2ccnc(-c3cc(-c4ccccc4)cc(-c4cccc5c4nc(-c4cc(C(C)C)cc(CC)c4O)n5-c4ccc(-c5cc(C(C)(C)C)cc(C(C)(C)C)c5)cc4C([2H])([2H])[2H])c3)c2)cc1. The Balaban J connectivity index is 1.31. The Kier molecular flexibility index (Phi) is 10.0. The monoisotopic (exact) mass is 884 g/mol. The van der Waals surface area contributed by atoms with Gasteiger partial charge in [0.25, 0.3) is 0 Å². The van der Waals surface area contributed by atoms with Crippen molar-refractivity contribution in [1.29, 1.82) is 0 Å². The molecule has 0 fully saturated rings. The van der Waals surface area contributed by atoms with Gasteiger partial charge in [-0.3, -0.25) is 9.55 Å². The normalized spacial score (nSPS) is 13.8. The van der Waals surface area contributed by atoms with Crippen LogP contribution in [-0.4, -0.2) is 19.6 Å². The number of para-hydroxylation sites is 1. The van der Waals surface area contributed by atoms with E-state index in [1.165, 1.54) is 11.1 Å². The van der Waals surface area contributed by atoms with Crippen LogP contribution in [0.1, 0.15) is 110 Å². The first-order valence-electron chi connectivity index (χ1n) is 26.4. The number of aryl methyl sites for hydroxylation is 3. The summed E-state index contributed by atoms with van der Waals surface area (Å²) in [5.74, 6) is 0.675. The highest BCUT2D eigenvalue weighted by atomic mass is 16.3. The molecule has 0 radical (unpaired) electrons. The van der Waals surface area contributed by atoms with Crippen molar-refractivity contribution >= 4 is 11.0 Å². The van der Waals surface area contributed by atoms with Crippen molar-refractivity contribution in [2.24, 2.45) is 0 Å². The summed E-state index contributed by atoms with van der Waals surface area (Å²) in [5.41, 5.74) is 15.3. The second kappa shape index (κ2) is 17.6. The van der Waals surface area contributed by atoms with E-state index in [0.29, 0.717) is 34.5 Å². The molecular weight excluding hydrogens is 815 g/mol. The number of imidazole rings is 1. The highest BCUT2D eigenvalue weighted by molar-refractivity contribution is 5.98. The van der Waals surface area contributed by atoms with E-state index in [4.69, 9.17) is 18.2 Å². The van der Waals surface area contributed by atoms with Crippen molar-refractivity contribution in [3.8, 4) is 78.6 Å². The smallest absolute Gasteiger partial charge is 0.149 e. The van der Waals surface area contributed by atoms with Crippen molar-refractivity contribution < 1.29 is 13.3 Å². The van der Waals surface area contributed by atoms with Gasteiger partial charge in [-0.1, -0.05) is 165 Å². The third-order valence-electron chi connectivity index (χ3n) is 13.0. The van der Waals surface area contributed by atoms with Gasteiger partial charge in [-0.25, -0.2) is 4.98 Å². The van der Waals surface area contributed by atoms with Crippen LogP contribution in [0, 0.1) is 13.7 Å². The van der Waals surface area contributed by atoms with E-state index >= 15 is 0 Å². The molecule has 4 heteroatoms. The minimum absolute atomic E-state index is 0.109. The predicted molar refractivity (Wildman–Crippen MR) is 283 cm³/mol. The zero-order valence-corrected chi connectivity index (χ0v) is 40.1.